The Morgan fingerprint density at radius 1 is 1.07 bits per heavy atom. The van der Waals surface area contributed by atoms with Gasteiger partial charge in [-0.05, 0) is 67.9 Å². The Morgan fingerprint density at radius 3 is 2.34 bits per heavy atom. The molecule has 5 nitrogen and oxygen atoms in total. The maximum atomic E-state index is 12.8. The lowest BCUT2D eigenvalue weighted by Crippen LogP contribution is -2.41. The van der Waals surface area contributed by atoms with Crippen LogP contribution >= 0.6 is 0 Å². The average molecular weight is 415 g/mol. The number of rotatable bonds is 7. The number of fused-ring (bicyclic) bond motifs is 1. The molecule has 0 unspecified atom stereocenters. The first-order valence-electron chi connectivity index (χ1n) is 10.2. The molecule has 6 heteroatoms. The number of carbonyl (C=O) groups is 1. The van der Waals surface area contributed by atoms with Crippen molar-refractivity contribution in [3.63, 3.8) is 0 Å². The molecule has 0 saturated heterocycles. The van der Waals surface area contributed by atoms with E-state index >= 15 is 0 Å². The van der Waals surface area contributed by atoms with Crippen LogP contribution in [0.3, 0.4) is 0 Å². The van der Waals surface area contributed by atoms with Crippen LogP contribution in [0, 0.1) is 6.92 Å². The number of benzene rings is 2. The van der Waals surface area contributed by atoms with Gasteiger partial charge in [0.25, 0.3) is 0 Å². The molecule has 0 spiro atoms. The Morgan fingerprint density at radius 2 is 1.72 bits per heavy atom. The Bertz CT molecular complexity index is 968. The first-order valence-corrected chi connectivity index (χ1v) is 12.1. The second kappa shape index (κ2) is 8.99. The molecule has 0 heterocycles. The number of hydrogen-bond acceptors (Lipinski definition) is 3. The molecular formula is C23H30N2O3S. The summed E-state index contributed by atoms with van der Waals surface area (Å²) in [4.78, 5) is 12.8. The number of hydrogen-bond donors (Lipinski definition) is 1. The fourth-order valence-electron chi connectivity index (χ4n) is 3.87. The van der Waals surface area contributed by atoms with Crippen LogP contribution in [0.4, 0.5) is 5.69 Å². The van der Waals surface area contributed by atoms with Crippen LogP contribution in [0.1, 0.15) is 54.5 Å². The van der Waals surface area contributed by atoms with E-state index in [1.807, 2.05) is 26.0 Å². The van der Waals surface area contributed by atoms with Crippen LogP contribution in [0.25, 0.3) is 0 Å². The predicted molar refractivity (Wildman–Crippen MR) is 118 cm³/mol. The molecule has 2 aromatic rings. The van der Waals surface area contributed by atoms with Crippen LogP contribution in [-0.2, 0) is 27.7 Å². The topological polar surface area (TPSA) is 66.5 Å². The largest absolute Gasteiger partial charge is 0.348 e. The second-order valence-corrected chi connectivity index (χ2v) is 9.78. The van der Waals surface area contributed by atoms with Gasteiger partial charge in [-0.15, -0.1) is 0 Å². The minimum Gasteiger partial charge on any atom is -0.348 e. The van der Waals surface area contributed by atoms with Gasteiger partial charge < -0.3 is 5.32 Å². The minimum atomic E-state index is -3.57. The van der Waals surface area contributed by atoms with Crippen molar-refractivity contribution in [1.29, 1.82) is 0 Å². The second-order valence-electron chi connectivity index (χ2n) is 7.87. The summed E-state index contributed by atoms with van der Waals surface area (Å²) in [6.45, 7) is 3.73. The maximum Gasteiger partial charge on any atom is 0.241 e. The molecule has 0 aromatic heterocycles. The average Bonchev–Trinajstić information content (AvgIpc) is 2.70. The van der Waals surface area contributed by atoms with Crippen molar-refractivity contribution in [1.82, 2.24) is 5.32 Å². The van der Waals surface area contributed by atoms with Crippen molar-refractivity contribution in [3.8, 4) is 0 Å². The summed E-state index contributed by atoms with van der Waals surface area (Å²) < 4.78 is 25.7. The quantitative estimate of drug-likeness (QED) is 0.747. The van der Waals surface area contributed by atoms with Gasteiger partial charge in [-0.25, -0.2) is 8.42 Å². The van der Waals surface area contributed by atoms with Gasteiger partial charge in [-0.3, -0.25) is 9.10 Å². The number of carbonyl (C=O) groups excluding carboxylic acids is 1. The molecule has 0 bridgehead atoms. The molecule has 1 amide bonds. The lowest BCUT2D eigenvalue weighted by atomic mass is 9.89. The Hall–Kier alpha value is -2.34. The number of sulfonamides is 1. The van der Waals surface area contributed by atoms with Gasteiger partial charge in [0.2, 0.25) is 15.9 Å². The lowest BCUT2D eigenvalue weighted by molar-refractivity contribution is -0.120. The van der Waals surface area contributed by atoms with Crippen molar-refractivity contribution >= 4 is 21.6 Å². The fraction of sp³-hybridized carbons (Fsp3) is 0.435. The molecule has 1 N–H and O–H groups in total. The summed E-state index contributed by atoms with van der Waals surface area (Å²) in [7, 11) is -3.57. The first-order chi connectivity index (χ1) is 13.8. The van der Waals surface area contributed by atoms with Gasteiger partial charge in [-0.1, -0.05) is 42.8 Å². The molecule has 29 heavy (non-hydrogen) atoms. The molecule has 0 fully saturated rings. The molecule has 0 radical (unpaired) electrons. The standard InChI is InChI=1S/C23H30N2O3S/c1-4-22(20-12-11-18-7-5-6-8-19(18)15-20)24-23(26)16-25(29(3,27)28)21-13-9-17(2)10-14-21/h9-15,22H,4-8,16H2,1-3H3,(H,24,26)/t22-/m1/s1. The third-order valence-electron chi connectivity index (χ3n) is 5.53. The van der Waals surface area contributed by atoms with E-state index in [4.69, 9.17) is 0 Å². The van der Waals surface area contributed by atoms with E-state index in [9.17, 15) is 13.2 Å². The predicted octanol–water partition coefficient (Wildman–Crippen LogP) is 3.91. The minimum absolute atomic E-state index is 0.130. The van der Waals surface area contributed by atoms with Crippen LogP contribution in [-0.4, -0.2) is 27.1 Å². The van der Waals surface area contributed by atoms with E-state index in [1.165, 1.54) is 24.0 Å². The van der Waals surface area contributed by atoms with Crippen LogP contribution in [0.2, 0.25) is 0 Å². The van der Waals surface area contributed by atoms with E-state index in [0.717, 1.165) is 41.0 Å². The zero-order valence-electron chi connectivity index (χ0n) is 17.4. The van der Waals surface area contributed by atoms with E-state index in [0.29, 0.717) is 5.69 Å². The molecule has 1 atom stereocenters. The fourth-order valence-corrected chi connectivity index (χ4v) is 4.73. The van der Waals surface area contributed by atoms with Gasteiger partial charge in [0.1, 0.15) is 6.54 Å². The molecule has 0 saturated carbocycles. The van der Waals surface area contributed by atoms with Gasteiger partial charge in [-0.2, -0.15) is 0 Å². The van der Waals surface area contributed by atoms with Crippen LogP contribution < -0.4 is 9.62 Å². The summed E-state index contributed by atoms with van der Waals surface area (Å²) in [5, 5.41) is 3.03. The number of amides is 1. The summed E-state index contributed by atoms with van der Waals surface area (Å²) in [6, 6.07) is 13.5. The molecule has 156 valence electrons. The van der Waals surface area contributed by atoms with Gasteiger partial charge >= 0.3 is 0 Å². The normalized spacial score (nSPS) is 14.7. The number of anilines is 1. The van der Waals surface area contributed by atoms with Crippen molar-refractivity contribution in [2.75, 3.05) is 17.1 Å². The third kappa shape index (κ3) is 5.38. The number of aryl methyl sites for hydroxylation is 3. The highest BCUT2D eigenvalue weighted by atomic mass is 32.2. The summed E-state index contributed by atoms with van der Waals surface area (Å²) in [6.07, 6.45) is 6.52. The summed E-state index contributed by atoms with van der Waals surface area (Å²) in [5.41, 5.74) is 5.39. The number of nitrogens with one attached hydrogen (secondary N) is 1. The van der Waals surface area contributed by atoms with Crippen LogP contribution in [0.5, 0.6) is 0 Å². The molecule has 3 rings (SSSR count). The molecule has 1 aliphatic rings. The monoisotopic (exact) mass is 414 g/mol. The Kier molecular flexibility index (Phi) is 6.63. The van der Waals surface area contributed by atoms with Crippen molar-refractivity contribution in [2.45, 2.75) is 52.0 Å². The third-order valence-corrected chi connectivity index (χ3v) is 6.67. The lowest BCUT2D eigenvalue weighted by Gasteiger charge is -2.25. The van der Waals surface area contributed by atoms with Crippen molar-refractivity contribution < 1.29 is 13.2 Å². The molecule has 0 aliphatic heterocycles. The van der Waals surface area contributed by atoms with E-state index in [-0.39, 0.29) is 18.5 Å². The van der Waals surface area contributed by atoms with Gasteiger partial charge in [0.05, 0.1) is 18.0 Å². The SMILES string of the molecule is CC[C@@H](NC(=O)CN(c1ccc(C)cc1)S(C)(=O)=O)c1ccc2c(c1)CCCC2. The first kappa shape index (κ1) is 21.4. The van der Waals surface area contributed by atoms with E-state index in [1.54, 1.807) is 12.1 Å². The Balaban J connectivity index is 1.75. The molecular weight excluding hydrogens is 384 g/mol. The zero-order valence-corrected chi connectivity index (χ0v) is 18.3. The van der Waals surface area contributed by atoms with E-state index in [2.05, 4.69) is 23.5 Å². The van der Waals surface area contributed by atoms with Crippen LogP contribution in [0.15, 0.2) is 42.5 Å². The van der Waals surface area contributed by atoms with Crippen molar-refractivity contribution in [2.24, 2.45) is 0 Å². The van der Waals surface area contributed by atoms with Gasteiger partial charge in [0, 0.05) is 0 Å². The smallest absolute Gasteiger partial charge is 0.241 e. The molecule has 2 aromatic carbocycles. The summed E-state index contributed by atoms with van der Waals surface area (Å²) >= 11 is 0. The maximum absolute atomic E-state index is 12.8. The van der Waals surface area contributed by atoms with E-state index < -0.39 is 10.0 Å². The highest BCUT2D eigenvalue weighted by Gasteiger charge is 2.23. The molecule has 1 aliphatic carbocycles. The summed E-state index contributed by atoms with van der Waals surface area (Å²) in [5.74, 6) is -0.305. The Labute approximate surface area is 174 Å². The highest BCUT2D eigenvalue weighted by Crippen LogP contribution is 2.26. The van der Waals surface area contributed by atoms with Gasteiger partial charge in [0.15, 0.2) is 0 Å². The van der Waals surface area contributed by atoms with Crippen molar-refractivity contribution in [3.05, 3.63) is 64.7 Å². The number of nitrogens with zero attached hydrogens (tertiary/aromatic N) is 1. The zero-order chi connectivity index (χ0) is 21.0. The highest BCUT2D eigenvalue weighted by molar-refractivity contribution is 7.92.